The fourth-order valence-corrected chi connectivity index (χ4v) is 1.48. The zero-order chi connectivity index (χ0) is 9.68. The van der Waals surface area contributed by atoms with Crippen molar-refractivity contribution in [3.8, 4) is 0 Å². The van der Waals surface area contributed by atoms with Gasteiger partial charge in [0, 0.05) is 24.5 Å². The van der Waals surface area contributed by atoms with Gasteiger partial charge in [-0.1, -0.05) is 20.8 Å². The molecule has 0 spiro atoms. The zero-order valence-corrected chi connectivity index (χ0v) is 8.67. The number of nitrogens with zero attached hydrogens (tertiary/aromatic N) is 1. The summed E-state index contributed by atoms with van der Waals surface area (Å²) < 4.78 is 0. The first-order valence-electron chi connectivity index (χ1n) is 4.95. The Morgan fingerprint density at radius 2 is 2.31 bits per heavy atom. The van der Waals surface area contributed by atoms with Crippen LogP contribution >= 0.6 is 0 Å². The van der Waals surface area contributed by atoms with Crippen LogP contribution in [0.4, 0.5) is 0 Å². The summed E-state index contributed by atoms with van der Waals surface area (Å²) in [5.74, 6) is 0.688. The van der Waals surface area contributed by atoms with E-state index in [1.165, 1.54) is 6.42 Å². The van der Waals surface area contributed by atoms with Crippen LogP contribution in [0.25, 0.3) is 0 Å². The lowest BCUT2D eigenvalue weighted by molar-refractivity contribution is 0.385. The van der Waals surface area contributed by atoms with E-state index in [1.54, 1.807) is 6.20 Å². The molecule has 0 aliphatic carbocycles. The molecular weight excluding hydrogens is 162 g/mol. The zero-order valence-electron chi connectivity index (χ0n) is 8.67. The lowest BCUT2D eigenvalue weighted by Crippen LogP contribution is -2.32. The van der Waals surface area contributed by atoms with E-state index in [4.69, 9.17) is 0 Å². The molecule has 0 saturated carbocycles. The molecule has 13 heavy (non-hydrogen) atoms. The lowest BCUT2D eigenvalue weighted by Gasteiger charge is -2.20. The van der Waals surface area contributed by atoms with Crippen molar-refractivity contribution in [2.75, 3.05) is 0 Å². The topological polar surface area (TPSA) is 40.7 Å². The molecule has 3 nitrogen and oxygen atoms in total. The Morgan fingerprint density at radius 1 is 1.54 bits per heavy atom. The number of rotatable bonds is 5. The normalized spacial score (nSPS) is 13.5. The Bertz CT molecular complexity index is 216. The van der Waals surface area contributed by atoms with Gasteiger partial charge in [0.1, 0.15) is 0 Å². The molecule has 0 bridgehead atoms. The minimum atomic E-state index is 0.600. The molecule has 0 aliphatic heterocycles. The maximum absolute atomic E-state index is 3.91. The van der Waals surface area contributed by atoms with Crippen molar-refractivity contribution >= 4 is 0 Å². The predicted molar refractivity (Wildman–Crippen MR) is 54.3 cm³/mol. The van der Waals surface area contributed by atoms with Crippen molar-refractivity contribution in [3.63, 3.8) is 0 Å². The van der Waals surface area contributed by atoms with Crippen molar-refractivity contribution in [1.29, 1.82) is 0 Å². The largest absolute Gasteiger partial charge is 0.308 e. The summed E-state index contributed by atoms with van der Waals surface area (Å²) >= 11 is 0. The minimum Gasteiger partial charge on any atom is -0.308 e. The van der Waals surface area contributed by atoms with Gasteiger partial charge < -0.3 is 5.32 Å². The quantitative estimate of drug-likeness (QED) is 0.728. The predicted octanol–water partition coefficient (Wildman–Crippen LogP) is 1.93. The number of H-pyrrole nitrogens is 1. The molecule has 1 aromatic heterocycles. The van der Waals surface area contributed by atoms with Gasteiger partial charge in [0.2, 0.25) is 0 Å². The molecule has 0 amide bonds. The van der Waals surface area contributed by atoms with Gasteiger partial charge in [-0.25, -0.2) is 0 Å². The summed E-state index contributed by atoms with van der Waals surface area (Å²) in [6, 6.07) is 2.60. The molecular formula is C10H19N3. The fourth-order valence-electron chi connectivity index (χ4n) is 1.48. The van der Waals surface area contributed by atoms with Crippen LogP contribution in [0.5, 0.6) is 0 Å². The van der Waals surface area contributed by atoms with E-state index in [-0.39, 0.29) is 0 Å². The highest BCUT2D eigenvalue weighted by Crippen LogP contribution is 2.06. The Balaban J connectivity index is 2.32. The second-order valence-electron chi connectivity index (χ2n) is 3.72. The van der Waals surface area contributed by atoms with E-state index in [1.807, 2.05) is 6.07 Å². The van der Waals surface area contributed by atoms with Gasteiger partial charge >= 0.3 is 0 Å². The van der Waals surface area contributed by atoms with E-state index < -0.39 is 0 Å². The molecule has 3 heteroatoms. The summed E-state index contributed by atoms with van der Waals surface area (Å²) in [6.07, 6.45) is 2.96. The van der Waals surface area contributed by atoms with Crippen LogP contribution in [0, 0.1) is 5.92 Å². The number of aromatic amines is 1. The van der Waals surface area contributed by atoms with Gasteiger partial charge in [-0.15, -0.1) is 0 Å². The van der Waals surface area contributed by atoms with Crippen molar-refractivity contribution in [1.82, 2.24) is 15.5 Å². The van der Waals surface area contributed by atoms with Crippen molar-refractivity contribution in [2.24, 2.45) is 5.92 Å². The SMILES string of the molecule is CCC(NCc1ccn[nH]1)C(C)C. The average molecular weight is 181 g/mol. The molecule has 0 saturated heterocycles. The van der Waals surface area contributed by atoms with E-state index >= 15 is 0 Å². The Kier molecular flexibility index (Phi) is 3.96. The standard InChI is InChI=1S/C10H19N3/c1-4-10(8(2)3)11-7-9-5-6-12-13-9/h5-6,8,10-11H,4,7H2,1-3H3,(H,12,13). The molecule has 74 valence electrons. The van der Waals surface area contributed by atoms with Crippen LogP contribution in [-0.2, 0) is 6.54 Å². The van der Waals surface area contributed by atoms with Gasteiger partial charge in [-0.3, -0.25) is 5.10 Å². The van der Waals surface area contributed by atoms with Crippen LogP contribution in [0.15, 0.2) is 12.3 Å². The number of hydrogen-bond acceptors (Lipinski definition) is 2. The molecule has 1 atom stereocenters. The van der Waals surface area contributed by atoms with Crippen LogP contribution in [0.1, 0.15) is 32.9 Å². The third-order valence-electron chi connectivity index (χ3n) is 2.36. The molecule has 1 rings (SSSR count). The van der Waals surface area contributed by atoms with Gasteiger partial charge in [0.15, 0.2) is 0 Å². The smallest absolute Gasteiger partial charge is 0.0490 e. The Morgan fingerprint density at radius 3 is 2.77 bits per heavy atom. The van der Waals surface area contributed by atoms with Crippen molar-refractivity contribution in [3.05, 3.63) is 18.0 Å². The second kappa shape index (κ2) is 5.02. The van der Waals surface area contributed by atoms with Crippen LogP contribution < -0.4 is 5.32 Å². The van der Waals surface area contributed by atoms with Gasteiger partial charge in [0.05, 0.1) is 0 Å². The summed E-state index contributed by atoms with van der Waals surface area (Å²) in [5, 5.41) is 10.3. The maximum Gasteiger partial charge on any atom is 0.0490 e. The summed E-state index contributed by atoms with van der Waals surface area (Å²) in [4.78, 5) is 0. The summed E-state index contributed by atoms with van der Waals surface area (Å²) in [5.41, 5.74) is 1.15. The van der Waals surface area contributed by atoms with Crippen molar-refractivity contribution in [2.45, 2.75) is 39.8 Å². The lowest BCUT2D eigenvalue weighted by atomic mass is 10.0. The summed E-state index contributed by atoms with van der Waals surface area (Å²) in [6.45, 7) is 7.59. The second-order valence-corrected chi connectivity index (χ2v) is 3.72. The third kappa shape index (κ3) is 3.19. The first-order chi connectivity index (χ1) is 6.24. The van der Waals surface area contributed by atoms with E-state index in [9.17, 15) is 0 Å². The maximum atomic E-state index is 3.91. The average Bonchev–Trinajstić information content (AvgIpc) is 2.57. The van der Waals surface area contributed by atoms with Crippen LogP contribution in [0.2, 0.25) is 0 Å². The van der Waals surface area contributed by atoms with E-state index in [0.29, 0.717) is 12.0 Å². The molecule has 1 heterocycles. The van der Waals surface area contributed by atoms with Crippen LogP contribution in [-0.4, -0.2) is 16.2 Å². The number of hydrogen-bond donors (Lipinski definition) is 2. The minimum absolute atomic E-state index is 0.600. The molecule has 0 aliphatic rings. The molecule has 2 N–H and O–H groups in total. The molecule has 0 aromatic carbocycles. The van der Waals surface area contributed by atoms with Crippen molar-refractivity contribution < 1.29 is 0 Å². The van der Waals surface area contributed by atoms with Gasteiger partial charge in [-0.05, 0) is 18.4 Å². The first-order valence-corrected chi connectivity index (χ1v) is 4.95. The first kappa shape index (κ1) is 10.3. The molecule has 1 unspecified atom stereocenters. The number of aromatic nitrogens is 2. The molecule has 1 aromatic rings. The third-order valence-corrected chi connectivity index (χ3v) is 2.36. The highest BCUT2D eigenvalue weighted by atomic mass is 15.1. The number of nitrogens with one attached hydrogen (secondary N) is 2. The van der Waals surface area contributed by atoms with Crippen LogP contribution in [0.3, 0.4) is 0 Å². The monoisotopic (exact) mass is 181 g/mol. The fraction of sp³-hybridized carbons (Fsp3) is 0.700. The highest BCUT2D eigenvalue weighted by molar-refractivity contribution is 4.96. The summed E-state index contributed by atoms with van der Waals surface area (Å²) in [7, 11) is 0. The molecule has 0 fully saturated rings. The highest BCUT2D eigenvalue weighted by Gasteiger charge is 2.09. The van der Waals surface area contributed by atoms with Gasteiger partial charge in [0.25, 0.3) is 0 Å². The van der Waals surface area contributed by atoms with Gasteiger partial charge in [-0.2, -0.15) is 5.10 Å². The molecule has 0 radical (unpaired) electrons. The Labute approximate surface area is 79.9 Å². The Hall–Kier alpha value is -0.830. The van der Waals surface area contributed by atoms with E-state index in [2.05, 4.69) is 36.3 Å². The van der Waals surface area contributed by atoms with E-state index in [0.717, 1.165) is 12.2 Å².